The molecular weight excluding hydrogens is 387 g/mol. The Bertz CT molecular complexity index is 1180. The van der Waals surface area contributed by atoms with Crippen LogP contribution < -0.4 is 0 Å². The van der Waals surface area contributed by atoms with Crippen molar-refractivity contribution in [2.75, 3.05) is 0 Å². The maximum Gasteiger partial charge on any atom is 0.0983 e. The van der Waals surface area contributed by atoms with Crippen molar-refractivity contribution in [3.05, 3.63) is 104 Å². The van der Waals surface area contributed by atoms with E-state index >= 15 is 0 Å². The van der Waals surface area contributed by atoms with Gasteiger partial charge in [0.25, 0.3) is 0 Å². The third-order valence-electron chi connectivity index (χ3n) is 5.04. The van der Waals surface area contributed by atoms with Gasteiger partial charge in [-0.2, -0.15) is 10.5 Å². The molecule has 28 heavy (non-hydrogen) atoms. The van der Waals surface area contributed by atoms with Crippen molar-refractivity contribution < 1.29 is 0 Å². The summed E-state index contributed by atoms with van der Waals surface area (Å²) in [6.07, 6.45) is 3.91. The van der Waals surface area contributed by atoms with E-state index in [1.54, 1.807) is 6.07 Å². The smallest absolute Gasteiger partial charge is 0.0983 e. The number of benzene rings is 3. The summed E-state index contributed by atoms with van der Waals surface area (Å²) in [6.45, 7) is 0. The zero-order valence-corrected chi connectivity index (χ0v) is 16.2. The summed E-state index contributed by atoms with van der Waals surface area (Å²) in [5, 5.41) is 20.9. The molecule has 3 aromatic carbocycles. The molecular formula is C24H14Cl2N2. The quantitative estimate of drug-likeness (QED) is 0.444. The highest BCUT2D eigenvalue weighted by Crippen LogP contribution is 2.45. The summed E-state index contributed by atoms with van der Waals surface area (Å²) in [5.74, 6) is -0.938. The highest BCUT2D eigenvalue weighted by atomic mass is 35.5. The van der Waals surface area contributed by atoms with Crippen molar-refractivity contribution in [3.63, 3.8) is 0 Å². The van der Waals surface area contributed by atoms with E-state index < -0.39 is 11.8 Å². The minimum Gasteiger partial charge on any atom is -0.197 e. The molecule has 0 N–H and O–H groups in total. The monoisotopic (exact) mass is 400 g/mol. The van der Waals surface area contributed by atoms with Gasteiger partial charge in [-0.1, -0.05) is 77.8 Å². The maximum atomic E-state index is 9.86. The average Bonchev–Trinajstić information content (AvgIpc) is 2.71. The Hall–Kier alpha value is -3.04. The van der Waals surface area contributed by atoms with Gasteiger partial charge in [0, 0.05) is 10.0 Å². The molecule has 0 bridgehead atoms. The van der Waals surface area contributed by atoms with E-state index in [2.05, 4.69) is 12.1 Å². The summed E-state index contributed by atoms with van der Waals surface area (Å²) in [4.78, 5) is 0. The van der Waals surface area contributed by atoms with Crippen molar-refractivity contribution in [2.24, 2.45) is 0 Å². The standard InChI is InChI=1S/C24H14Cl2N2/c25-22-6-2-1-4-16(22)10-8-15-9-11-17-19(12-15)20(13-27)18-5-3-7-23(26)24(18)21(17)14-28/h1-12,20-21H. The molecule has 4 rings (SSSR count). The Morgan fingerprint density at radius 1 is 0.714 bits per heavy atom. The van der Waals surface area contributed by atoms with Crippen LogP contribution in [-0.2, 0) is 0 Å². The Morgan fingerprint density at radius 3 is 2.21 bits per heavy atom. The van der Waals surface area contributed by atoms with Crippen LogP contribution in [0.3, 0.4) is 0 Å². The minimum absolute atomic E-state index is 0.457. The molecule has 0 amide bonds. The second kappa shape index (κ2) is 7.53. The number of halogens is 2. The molecule has 2 nitrogen and oxygen atoms in total. The van der Waals surface area contributed by atoms with Crippen LogP contribution in [0.4, 0.5) is 0 Å². The molecule has 2 unspecified atom stereocenters. The zero-order valence-electron chi connectivity index (χ0n) is 14.7. The van der Waals surface area contributed by atoms with Crippen LogP contribution in [0.5, 0.6) is 0 Å². The van der Waals surface area contributed by atoms with Gasteiger partial charge in [0.15, 0.2) is 0 Å². The van der Waals surface area contributed by atoms with Gasteiger partial charge < -0.3 is 0 Å². The minimum atomic E-state index is -0.482. The van der Waals surface area contributed by atoms with E-state index in [1.165, 1.54) is 0 Å². The van der Waals surface area contributed by atoms with E-state index in [0.717, 1.165) is 33.4 Å². The number of rotatable bonds is 2. The number of nitrogens with zero attached hydrogens (tertiary/aromatic N) is 2. The van der Waals surface area contributed by atoms with E-state index in [4.69, 9.17) is 23.2 Å². The fourth-order valence-electron chi connectivity index (χ4n) is 3.71. The van der Waals surface area contributed by atoms with Gasteiger partial charge in [-0.05, 0) is 51.6 Å². The van der Waals surface area contributed by atoms with Crippen LogP contribution in [0.1, 0.15) is 45.2 Å². The van der Waals surface area contributed by atoms with Crippen molar-refractivity contribution in [1.82, 2.24) is 0 Å². The average molecular weight is 401 g/mol. The summed E-state index contributed by atoms with van der Waals surface area (Å²) in [5.41, 5.74) is 5.10. The Balaban J connectivity index is 1.82. The molecule has 0 aliphatic heterocycles. The van der Waals surface area contributed by atoms with Gasteiger partial charge in [-0.25, -0.2) is 0 Å². The van der Waals surface area contributed by atoms with Crippen molar-refractivity contribution in [3.8, 4) is 12.1 Å². The first-order chi connectivity index (χ1) is 13.6. The molecule has 0 aromatic heterocycles. The first-order valence-corrected chi connectivity index (χ1v) is 9.53. The van der Waals surface area contributed by atoms with Gasteiger partial charge in [0.05, 0.1) is 24.0 Å². The molecule has 0 saturated carbocycles. The van der Waals surface area contributed by atoms with E-state index in [-0.39, 0.29) is 0 Å². The maximum absolute atomic E-state index is 9.86. The molecule has 2 atom stereocenters. The van der Waals surface area contributed by atoms with Crippen LogP contribution in [-0.4, -0.2) is 0 Å². The highest BCUT2D eigenvalue weighted by molar-refractivity contribution is 6.32. The van der Waals surface area contributed by atoms with E-state index in [0.29, 0.717) is 10.0 Å². The third kappa shape index (κ3) is 3.08. The topological polar surface area (TPSA) is 47.6 Å². The van der Waals surface area contributed by atoms with E-state index in [9.17, 15) is 10.5 Å². The molecule has 3 aromatic rings. The van der Waals surface area contributed by atoms with Crippen LogP contribution >= 0.6 is 23.2 Å². The lowest BCUT2D eigenvalue weighted by Gasteiger charge is -2.28. The summed E-state index contributed by atoms with van der Waals surface area (Å²) in [7, 11) is 0. The Kier molecular flexibility index (Phi) is 4.93. The molecule has 0 radical (unpaired) electrons. The summed E-state index contributed by atoms with van der Waals surface area (Å²) >= 11 is 12.6. The van der Waals surface area contributed by atoms with Crippen LogP contribution in [0.2, 0.25) is 10.0 Å². The lowest BCUT2D eigenvalue weighted by molar-refractivity contribution is 0.871. The van der Waals surface area contributed by atoms with Crippen LogP contribution in [0.15, 0.2) is 60.7 Å². The molecule has 134 valence electrons. The third-order valence-corrected chi connectivity index (χ3v) is 5.71. The van der Waals surface area contributed by atoms with Gasteiger partial charge in [-0.3, -0.25) is 0 Å². The molecule has 1 aliphatic carbocycles. The lowest BCUT2D eigenvalue weighted by atomic mass is 9.73. The fourth-order valence-corrected chi connectivity index (χ4v) is 4.20. The van der Waals surface area contributed by atoms with Gasteiger partial charge in [0.1, 0.15) is 0 Å². The highest BCUT2D eigenvalue weighted by Gasteiger charge is 2.33. The number of nitriles is 2. The van der Waals surface area contributed by atoms with Crippen molar-refractivity contribution in [1.29, 1.82) is 10.5 Å². The molecule has 1 aliphatic rings. The largest absolute Gasteiger partial charge is 0.197 e. The van der Waals surface area contributed by atoms with Crippen LogP contribution in [0.25, 0.3) is 12.2 Å². The van der Waals surface area contributed by atoms with Gasteiger partial charge in [-0.15, -0.1) is 0 Å². The normalized spacial score (nSPS) is 17.4. The number of fused-ring (bicyclic) bond motifs is 2. The molecule has 4 heteroatoms. The van der Waals surface area contributed by atoms with Gasteiger partial charge >= 0.3 is 0 Å². The SMILES string of the molecule is N#CC1c2cc(C=Cc3ccccc3Cl)ccc2C(C#N)c2c(Cl)cccc21. The first-order valence-electron chi connectivity index (χ1n) is 8.78. The molecule has 0 spiro atoms. The number of hydrogen-bond donors (Lipinski definition) is 0. The zero-order chi connectivity index (χ0) is 19.7. The van der Waals surface area contributed by atoms with Gasteiger partial charge in [0.2, 0.25) is 0 Å². The molecule has 0 heterocycles. The van der Waals surface area contributed by atoms with Crippen molar-refractivity contribution in [2.45, 2.75) is 11.8 Å². The predicted molar refractivity (Wildman–Crippen MR) is 113 cm³/mol. The number of hydrogen-bond acceptors (Lipinski definition) is 2. The van der Waals surface area contributed by atoms with Crippen molar-refractivity contribution >= 4 is 35.4 Å². The molecule has 0 saturated heterocycles. The molecule has 0 fully saturated rings. The fraction of sp³-hybridized carbons (Fsp3) is 0.0833. The predicted octanol–water partition coefficient (Wildman–Crippen LogP) is 6.79. The first kappa shape index (κ1) is 18.3. The van der Waals surface area contributed by atoms with Crippen LogP contribution in [0, 0.1) is 22.7 Å². The Labute approximate surface area is 173 Å². The Morgan fingerprint density at radius 2 is 1.46 bits per heavy atom. The van der Waals surface area contributed by atoms with E-state index in [1.807, 2.05) is 66.7 Å². The second-order valence-electron chi connectivity index (χ2n) is 6.61. The second-order valence-corrected chi connectivity index (χ2v) is 7.42. The summed E-state index contributed by atoms with van der Waals surface area (Å²) in [6, 6.07) is 23.7. The summed E-state index contributed by atoms with van der Waals surface area (Å²) < 4.78 is 0. The lowest BCUT2D eigenvalue weighted by Crippen LogP contribution is -2.17.